The zero-order chi connectivity index (χ0) is 13.8. The maximum absolute atomic E-state index is 11.8. The number of amides is 1. The van der Waals surface area contributed by atoms with Gasteiger partial charge in [-0.05, 0) is 26.0 Å². The molecule has 0 spiro atoms. The summed E-state index contributed by atoms with van der Waals surface area (Å²) in [5, 5.41) is 7.71. The Kier molecular flexibility index (Phi) is 4.21. The number of nitrogens with zero attached hydrogens (tertiary/aromatic N) is 4. The second-order valence-electron chi connectivity index (χ2n) is 4.01. The van der Waals surface area contributed by atoms with Crippen LogP contribution in [0.3, 0.4) is 0 Å². The van der Waals surface area contributed by atoms with Gasteiger partial charge < -0.3 is 10.2 Å². The first-order valence-corrected chi connectivity index (χ1v) is 6.55. The Balaban J connectivity index is 2.03. The Morgan fingerprint density at radius 2 is 2.16 bits per heavy atom. The lowest BCUT2D eigenvalue weighted by atomic mass is 10.4. The van der Waals surface area contributed by atoms with Gasteiger partial charge in [0.15, 0.2) is 5.65 Å². The van der Waals surface area contributed by atoms with Gasteiger partial charge in [0.2, 0.25) is 11.9 Å². The smallest absolute Gasteiger partial charge is 0.243 e. The molecule has 0 aromatic carbocycles. The van der Waals surface area contributed by atoms with Gasteiger partial charge in [0, 0.05) is 19.3 Å². The number of fused-ring (bicyclic) bond motifs is 1. The maximum atomic E-state index is 11.8. The van der Waals surface area contributed by atoms with Crippen LogP contribution in [0.25, 0.3) is 5.65 Å². The van der Waals surface area contributed by atoms with Gasteiger partial charge >= 0.3 is 0 Å². The normalized spacial score (nSPS) is 10.7. The highest BCUT2D eigenvalue weighted by Crippen LogP contribution is 2.11. The summed E-state index contributed by atoms with van der Waals surface area (Å²) in [5.41, 5.74) is 0.683. The van der Waals surface area contributed by atoms with Gasteiger partial charge in [-0.15, -0.1) is 5.10 Å². The van der Waals surface area contributed by atoms with Crippen LogP contribution >= 0.6 is 11.6 Å². The maximum Gasteiger partial charge on any atom is 0.243 e. The van der Waals surface area contributed by atoms with E-state index in [0.717, 1.165) is 0 Å². The zero-order valence-corrected chi connectivity index (χ0v) is 11.7. The second kappa shape index (κ2) is 5.88. The van der Waals surface area contributed by atoms with Gasteiger partial charge in [0.05, 0.1) is 11.6 Å². The molecule has 0 aliphatic carbocycles. The predicted octanol–water partition coefficient (Wildman–Crippen LogP) is 1.66. The van der Waals surface area contributed by atoms with Crippen LogP contribution in [0.15, 0.2) is 18.3 Å². The van der Waals surface area contributed by atoms with Crippen molar-refractivity contribution in [1.82, 2.24) is 19.5 Å². The van der Waals surface area contributed by atoms with E-state index in [2.05, 4.69) is 15.4 Å². The molecule has 0 aliphatic rings. The van der Waals surface area contributed by atoms with Crippen molar-refractivity contribution in [2.75, 3.05) is 25.0 Å². The molecule has 1 N–H and O–H groups in total. The molecule has 0 aliphatic heterocycles. The van der Waals surface area contributed by atoms with Gasteiger partial charge in [-0.3, -0.25) is 4.79 Å². The fraction of sp³-hybridized carbons (Fsp3) is 0.417. The number of rotatable bonds is 5. The highest BCUT2D eigenvalue weighted by molar-refractivity contribution is 6.30. The standard InChI is InChI=1S/C12H16ClN5O/c1-3-17(4-2)11(19)7-14-12-15-10-6-5-9(13)8-18(10)16-12/h5-6,8H,3-4,7H2,1-2H3,(H,14,16). The first kappa shape index (κ1) is 13.6. The van der Waals surface area contributed by atoms with E-state index in [0.29, 0.717) is 29.7 Å². The molecule has 6 nitrogen and oxygen atoms in total. The molecule has 1 amide bonds. The summed E-state index contributed by atoms with van der Waals surface area (Å²) >= 11 is 5.86. The Morgan fingerprint density at radius 3 is 2.84 bits per heavy atom. The Labute approximate surface area is 116 Å². The number of anilines is 1. The van der Waals surface area contributed by atoms with E-state index in [1.807, 2.05) is 13.8 Å². The first-order chi connectivity index (χ1) is 9.13. The zero-order valence-electron chi connectivity index (χ0n) is 10.9. The molecule has 7 heteroatoms. The minimum Gasteiger partial charge on any atom is -0.344 e. The molecule has 0 radical (unpaired) electrons. The van der Waals surface area contributed by atoms with E-state index in [9.17, 15) is 4.79 Å². The third-order valence-corrected chi connectivity index (χ3v) is 3.03. The highest BCUT2D eigenvalue weighted by Gasteiger charge is 2.10. The van der Waals surface area contributed by atoms with Crippen LogP contribution in [0.5, 0.6) is 0 Å². The van der Waals surface area contributed by atoms with E-state index in [1.54, 1.807) is 27.7 Å². The van der Waals surface area contributed by atoms with Crippen molar-refractivity contribution in [1.29, 1.82) is 0 Å². The molecule has 0 atom stereocenters. The third-order valence-electron chi connectivity index (χ3n) is 2.81. The minimum atomic E-state index is 0.0295. The van der Waals surface area contributed by atoms with Crippen LogP contribution in [0, 0.1) is 0 Å². The Morgan fingerprint density at radius 1 is 1.42 bits per heavy atom. The second-order valence-corrected chi connectivity index (χ2v) is 4.44. The molecule has 2 heterocycles. The number of nitrogens with one attached hydrogen (secondary N) is 1. The number of pyridine rings is 1. The number of aromatic nitrogens is 3. The fourth-order valence-electron chi connectivity index (χ4n) is 1.78. The molecule has 0 saturated carbocycles. The van der Waals surface area contributed by atoms with Crippen molar-refractivity contribution < 1.29 is 4.79 Å². The summed E-state index contributed by atoms with van der Waals surface area (Å²) < 4.78 is 1.58. The van der Waals surface area contributed by atoms with Gasteiger partial charge in [-0.1, -0.05) is 11.6 Å². The van der Waals surface area contributed by atoms with Crippen LogP contribution < -0.4 is 5.32 Å². The third kappa shape index (κ3) is 3.14. The fourth-order valence-corrected chi connectivity index (χ4v) is 1.93. The van der Waals surface area contributed by atoms with Gasteiger partial charge in [-0.2, -0.15) is 4.98 Å². The Hall–Kier alpha value is -1.82. The number of hydrogen-bond donors (Lipinski definition) is 1. The molecular formula is C12H16ClN5O. The summed E-state index contributed by atoms with van der Waals surface area (Å²) in [5.74, 6) is 0.449. The van der Waals surface area contributed by atoms with E-state index < -0.39 is 0 Å². The van der Waals surface area contributed by atoms with Crippen LogP contribution in [0.1, 0.15) is 13.8 Å². The Bertz CT molecular complexity index is 579. The molecule has 0 bridgehead atoms. The van der Waals surface area contributed by atoms with Crippen LogP contribution in [-0.4, -0.2) is 45.0 Å². The number of halogens is 1. The SMILES string of the molecule is CCN(CC)C(=O)CNc1nc2ccc(Cl)cn2n1. The number of likely N-dealkylation sites (N-methyl/N-ethyl adjacent to an activating group) is 1. The van der Waals surface area contributed by atoms with Crippen LogP contribution in [0.4, 0.5) is 5.95 Å². The van der Waals surface area contributed by atoms with Crippen molar-refractivity contribution in [3.8, 4) is 0 Å². The lowest BCUT2D eigenvalue weighted by Gasteiger charge is -2.18. The van der Waals surface area contributed by atoms with Crippen molar-refractivity contribution in [3.63, 3.8) is 0 Å². The molecule has 2 rings (SSSR count). The molecule has 2 aromatic heterocycles. The molecule has 0 unspecified atom stereocenters. The predicted molar refractivity (Wildman–Crippen MR) is 74.4 cm³/mol. The van der Waals surface area contributed by atoms with Gasteiger partial charge in [0.1, 0.15) is 0 Å². The summed E-state index contributed by atoms with van der Waals surface area (Å²) in [6, 6.07) is 3.52. The summed E-state index contributed by atoms with van der Waals surface area (Å²) in [4.78, 5) is 17.8. The molecule has 0 saturated heterocycles. The average molecular weight is 282 g/mol. The van der Waals surface area contributed by atoms with Crippen LogP contribution in [0.2, 0.25) is 5.02 Å². The lowest BCUT2D eigenvalue weighted by molar-refractivity contribution is -0.128. The average Bonchev–Trinajstić information content (AvgIpc) is 2.79. The van der Waals surface area contributed by atoms with E-state index in [4.69, 9.17) is 11.6 Å². The van der Waals surface area contributed by atoms with Gasteiger partial charge in [0.25, 0.3) is 0 Å². The highest BCUT2D eigenvalue weighted by atomic mass is 35.5. The first-order valence-electron chi connectivity index (χ1n) is 6.17. The lowest BCUT2D eigenvalue weighted by Crippen LogP contribution is -2.35. The molecule has 2 aromatic rings. The largest absolute Gasteiger partial charge is 0.344 e. The quantitative estimate of drug-likeness (QED) is 0.905. The van der Waals surface area contributed by atoms with Gasteiger partial charge in [-0.25, -0.2) is 4.52 Å². The number of hydrogen-bond acceptors (Lipinski definition) is 4. The molecular weight excluding hydrogens is 266 g/mol. The topological polar surface area (TPSA) is 62.5 Å². The van der Waals surface area contributed by atoms with Crippen molar-refractivity contribution in [2.24, 2.45) is 0 Å². The molecule has 19 heavy (non-hydrogen) atoms. The summed E-state index contributed by atoms with van der Waals surface area (Å²) in [6.07, 6.45) is 1.67. The number of carbonyl (C=O) groups excluding carboxylic acids is 1. The van der Waals surface area contributed by atoms with Crippen molar-refractivity contribution in [3.05, 3.63) is 23.4 Å². The van der Waals surface area contributed by atoms with Crippen molar-refractivity contribution in [2.45, 2.75) is 13.8 Å². The summed E-state index contributed by atoms with van der Waals surface area (Å²) in [6.45, 7) is 5.49. The van der Waals surface area contributed by atoms with E-state index in [-0.39, 0.29) is 12.5 Å². The number of carbonyl (C=O) groups is 1. The van der Waals surface area contributed by atoms with Crippen molar-refractivity contribution >= 4 is 29.1 Å². The van der Waals surface area contributed by atoms with E-state index >= 15 is 0 Å². The molecule has 102 valence electrons. The van der Waals surface area contributed by atoms with Crippen LogP contribution in [-0.2, 0) is 4.79 Å². The monoisotopic (exact) mass is 281 g/mol. The van der Waals surface area contributed by atoms with E-state index in [1.165, 1.54) is 0 Å². The molecule has 0 fully saturated rings. The summed E-state index contributed by atoms with van der Waals surface area (Å²) in [7, 11) is 0. The minimum absolute atomic E-state index is 0.0295.